The van der Waals surface area contributed by atoms with Crippen LogP contribution in [0.25, 0.3) is 0 Å². The van der Waals surface area contributed by atoms with Crippen LogP contribution in [0.3, 0.4) is 0 Å². The van der Waals surface area contributed by atoms with Gasteiger partial charge in [0.05, 0.1) is 4.90 Å². The highest BCUT2D eigenvalue weighted by Crippen LogP contribution is 2.13. The maximum atomic E-state index is 11.9. The van der Waals surface area contributed by atoms with Gasteiger partial charge in [-0.3, -0.25) is 0 Å². The fraction of sp³-hybridized carbons (Fsp3) is 0.0833. The van der Waals surface area contributed by atoms with Crippen molar-refractivity contribution >= 4 is 21.6 Å². The Bertz CT molecular complexity index is 630. The number of hydrogen-bond donors (Lipinski definition) is 1. The van der Waals surface area contributed by atoms with E-state index in [0.29, 0.717) is 10.7 Å². The van der Waals surface area contributed by atoms with Crippen molar-refractivity contribution in [2.24, 2.45) is 0 Å². The van der Waals surface area contributed by atoms with Crippen LogP contribution in [0.15, 0.2) is 53.6 Å². The summed E-state index contributed by atoms with van der Waals surface area (Å²) in [6.07, 6.45) is 1.55. The highest BCUT2D eigenvalue weighted by atomic mass is 35.5. The summed E-state index contributed by atoms with van der Waals surface area (Å²) in [7, 11) is -3.51. The van der Waals surface area contributed by atoms with Crippen LogP contribution in [0, 0.1) is 0 Å². The van der Waals surface area contributed by atoms with Gasteiger partial charge >= 0.3 is 0 Å². The number of halogens is 1. The van der Waals surface area contributed by atoms with Crippen molar-refractivity contribution in [3.8, 4) is 0 Å². The Balaban J connectivity index is 2.14. The van der Waals surface area contributed by atoms with Crippen LogP contribution < -0.4 is 4.72 Å². The van der Waals surface area contributed by atoms with Crippen molar-refractivity contribution in [1.82, 2.24) is 9.71 Å². The van der Waals surface area contributed by atoms with Gasteiger partial charge < -0.3 is 0 Å². The molecule has 0 spiro atoms. The summed E-state index contributed by atoms with van der Waals surface area (Å²) in [6, 6.07) is 11.6. The summed E-state index contributed by atoms with van der Waals surface area (Å²) >= 11 is 5.85. The first-order chi connectivity index (χ1) is 8.59. The minimum atomic E-state index is -3.51. The molecule has 1 N–H and O–H groups in total. The molecule has 6 heteroatoms. The third-order valence-corrected chi connectivity index (χ3v) is 4.10. The highest BCUT2D eigenvalue weighted by molar-refractivity contribution is 7.89. The fourth-order valence-electron chi connectivity index (χ4n) is 1.41. The Morgan fingerprint density at radius 3 is 2.50 bits per heavy atom. The lowest BCUT2D eigenvalue weighted by Crippen LogP contribution is -2.23. The lowest BCUT2D eigenvalue weighted by atomic mass is 10.3. The molecule has 1 aromatic carbocycles. The number of rotatable bonds is 4. The third kappa shape index (κ3) is 3.07. The first-order valence-electron chi connectivity index (χ1n) is 5.24. The molecule has 2 aromatic rings. The third-order valence-electron chi connectivity index (χ3n) is 2.34. The Hall–Kier alpha value is -1.43. The quantitative estimate of drug-likeness (QED) is 0.875. The normalized spacial score (nSPS) is 11.4. The molecule has 4 nitrogen and oxygen atoms in total. The summed E-state index contributed by atoms with van der Waals surface area (Å²) in [5.74, 6) is 0. The van der Waals surface area contributed by atoms with Crippen molar-refractivity contribution in [1.29, 1.82) is 0 Å². The number of hydrogen-bond acceptors (Lipinski definition) is 3. The Labute approximate surface area is 111 Å². The minimum absolute atomic E-state index is 0.115. The van der Waals surface area contributed by atoms with Crippen LogP contribution >= 0.6 is 11.6 Å². The molecule has 0 radical (unpaired) electrons. The monoisotopic (exact) mass is 282 g/mol. The largest absolute Gasteiger partial charge is 0.244 e. The number of nitrogens with one attached hydrogen (secondary N) is 1. The lowest BCUT2D eigenvalue weighted by Gasteiger charge is -2.07. The summed E-state index contributed by atoms with van der Waals surface area (Å²) in [5, 5.41) is 0.299. The van der Waals surface area contributed by atoms with Gasteiger partial charge in [0, 0.05) is 18.3 Å². The summed E-state index contributed by atoms with van der Waals surface area (Å²) in [4.78, 5) is 4.11. The van der Waals surface area contributed by atoms with E-state index < -0.39 is 10.0 Å². The second-order valence-electron chi connectivity index (χ2n) is 3.59. The minimum Gasteiger partial charge on any atom is -0.244 e. The zero-order chi connectivity index (χ0) is 13.0. The van der Waals surface area contributed by atoms with Crippen LogP contribution in [0.1, 0.15) is 5.56 Å². The molecule has 1 heterocycles. The van der Waals surface area contributed by atoms with Crippen molar-refractivity contribution in [3.63, 3.8) is 0 Å². The molecule has 0 aliphatic carbocycles. The van der Waals surface area contributed by atoms with E-state index in [2.05, 4.69) is 9.71 Å². The Kier molecular flexibility index (Phi) is 3.96. The van der Waals surface area contributed by atoms with E-state index in [1.54, 1.807) is 36.5 Å². The molecule has 0 saturated carbocycles. The van der Waals surface area contributed by atoms with E-state index in [4.69, 9.17) is 11.6 Å². The second-order valence-corrected chi connectivity index (χ2v) is 5.72. The standard InChI is InChI=1S/C12H11ClN2O2S/c13-12-10(5-4-8-14-12)9-15-18(16,17)11-6-2-1-3-7-11/h1-8,15H,9H2. The Morgan fingerprint density at radius 2 is 1.83 bits per heavy atom. The Morgan fingerprint density at radius 1 is 1.11 bits per heavy atom. The van der Waals surface area contributed by atoms with Gasteiger partial charge in [-0.05, 0) is 18.2 Å². The molecule has 0 unspecified atom stereocenters. The van der Waals surface area contributed by atoms with Crippen molar-refractivity contribution in [3.05, 3.63) is 59.4 Å². The molecule has 0 amide bonds. The predicted octanol–water partition coefficient (Wildman–Crippen LogP) is 2.21. The van der Waals surface area contributed by atoms with Crippen molar-refractivity contribution < 1.29 is 8.42 Å². The molecule has 0 saturated heterocycles. The molecular weight excluding hydrogens is 272 g/mol. The molecule has 0 atom stereocenters. The number of benzene rings is 1. The number of sulfonamides is 1. The van der Waals surface area contributed by atoms with Crippen LogP contribution in [-0.2, 0) is 16.6 Å². The van der Waals surface area contributed by atoms with Gasteiger partial charge in [0.25, 0.3) is 0 Å². The van der Waals surface area contributed by atoms with Crippen LogP contribution in [0.2, 0.25) is 5.15 Å². The topological polar surface area (TPSA) is 59.1 Å². The van der Waals surface area contributed by atoms with E-state index in [-0.39, 0.29) is 11.4 Å². The first kappa shape index (κ1) is 13.0. The molecule has 0 aliphatic heterocycles. The van der Waals surface area contributed by atoms with Gasteiger partial charge in [-0.25, -0.2) is 18.1 Å². The number of aromatic nitrogens is 1. The predicted molar refractivity (Wildman–Crippen MR) is 69.7 cm³/mol. The van der Waals surface area contributed by atoms with Crippen LogP contribution in [0.5, 0.6) is 0 Å². The van der Waals surface area contributed by atoms with Crippen molar-refractivity contribution in [2.75, 3.05) is 0 Å². The molecule has 0 aliphatic rings. The average Bonchev–Trinajstić information content (AvgIpc) is 2.39. The maximum Gasteiger partial charge on any atom is 0.240 e. The fourth-order valence-corrected chi connectivity index (χ4v) is 2.62. The second kappa shape index (κ2) is 5.48. The van der Waals surface area contributed by atoms with E-state index in [0.717, 1.165) is 0 Å². The maximum absolute atomic E-state index is 11.9. The molecule has 94 valence electrons. The van der Waals surface area contributed by atoms with Gasteiger partial charge in [0.15, 0.2) is 0 Å². The molecular formula is C12H11ClN2O2S. The summed E-state index contributed by atoms with van der Waals surface area (Å²) < 4.78 is 26.4. The van der Waals surface area contributed by atoms with Gasteiger partial charge in [-0.2, -0.15) is 0 Å². The van der Waals surface area contributed by atoms with E-state index in [9.17, 15) is 8.42 Å². The van der Waals surface area contributed by atoms with Gasteiger partial charge in [0.2, 0.25) is 10.0 Å². The summed E-state index contributed by atoms with van der Waals surface area (Å²) in [6.45, 7) is 0.115. The van der Waals surface area contributed by atoms with E-state index in [1.165, 1.54) is 12.1 Å². The van der Waals surface area contributed by atoms with Gasteiger partial charge in [0.1, 0.15) is 5.15 Å². The zero-order valence-corrected chi connectivity index (χ0v) is 10.9. The number of nitrogens with zero attached hydrogens (tertiary/aromatic N) is 1. The average molecular weight is 283 g/mol. The highest BCUT2D eigenvalue weighted by Gasteiger charge is 2.13. The molecule has 0 fully saturated rings. The SMILES string of the molecule is O=S(=O)(NCc1cccnc1Cl)c1ccccc1. The van der Waals surface area contributed by atoms with Gasteiger partial charge in [-0.15, -0.1) is 0 Å². The molecule has 18 heavy (non-hydrogen) atoms. The zero-order valence-electron chi connectivity index (χ0n) is 9.38. The summed E-state index contributed by atoms with van der Waals surface area (Å²) in [5.41, 5.74) is 0.638. The molecule has 1 aromatic heterocycles. The number of pyridine rings is 1. The van der Waals surface area contributed by atoms with Crippen LogP contribution in [-0.4, -0.2) is 13.4 Å². The van der Waals surface area contributed by atoms with Crippen molar-refractivity contribution in [2.45, 2.75) is 11.4 Å². The van der Waals surface area contributed by atoms with Gasteiger partial charge in [-0.1, -0.05) is 35.9 Å². The lowest BCUT2D eigenvalue weighted by molar-refractivity contribution is 0.581. The smallest absolute Gasteiger partial charge is 0.240 e. The molecule has 2 rings (SSSR count). The molecule has 0 bridgehead atoms. The van der Waals surface area contributed by atoms with E-state index in [1.807, 2.05) is 0 Å². The van der Waals surface area contributed by atoms with Crippen LogP contribution in [0.4, 0.5) is 0 Å². The van der Waals surface area contributed by atoms with E-state index >= 15 is 0 Å². The first-order valence-corrected chi connectivity index (χ1v) is 7.10.